The molecule has 1 heterocycles. The van der Waals surface area contributed by atoms with E-state index in [0.29, 0.717) is 12.0 Å². The van der Waals surface area contributed by atoms with Gasteiger partial charge in [-0.3, -0.25) is 0 Å². The summed E-state index contributed by atoms with van der Waals surface area (Å²) in [7, 11) is 0. The maximum Gasteiger partial charge on any atom is 0.0704 e. The van der Waals surface area contributed by atoms with E-state index >= 15 is 0 Å². The van der Waals surface area contributed by atoms with Crippen molar-refractivity contribution in [3.8, 4) is 0 Å². The Morgan fingerprint density at radius 1 is 1.29 bits per heavy atom. The number of hydrogen-bond donors (Lipinski definition) is 1. The van der Waals surface area contributed by atoms with Gasteiger partial charge in [-0.05, 0) is 77.3 Å². The first kappa shape index (κ1) is 15.3. The molecular weight excluding hydrogens is 342 g/mol. The number of benzene rings is 1. The van der Waals surface area contributed by atoms with E-state index in [0.717, 1.165) is 6.54 Å². The molecule has 0 radical (unpaired) electrons. The normalized spacial score (nSPS) is 16.1. The fourth-order valence-electron chi connectivity index (χ4n) is 3.43. The Bertz CT molecular complexity index is 594. The van der Waals surface area contributed by atoms with Crippen molar-refractivity contribution in [2.24, 2.45) is 5.92 Å². The van der Waals surface area contributed by atoms with E-state index in [4.69, 9.17) is 0 Å². The molecule has 0 spiro atoms. The molecule has 1 aliphatic rings. The molecule has 0 amide bonds. The maximum absolute atomic E-state index is 3.80. The predicted octanol–water partition coefficient (Wildman–Crippen LogP) is 5.27. The Hall–Kier alpha value is -0.640. The molecule has 3 heteroatoms. The van der Waals surface area contributed by atoms with E-state index < -0.39 is 0 Å². The van der Waals surface area contributed by atoms with Gasteiger partial charge in [-0.15, -0.1) is 11.3 Å². The number of rotatable bonds is 5. The van der Waals surface area contributed by atoms with Gasteiger partial charge in [-0.25, -0.2) is 0 Å². The Labute approximate surface area is 139 Å². The van der Waals surface area contributed by atoms with Crippen molar-refractivity contribution in [2.75, 3.05) is 6.54 Å². The monoisotopic (exact) mass is 363 g/mol. The molecule has 3 rings (SSSR count). The van der Waals surface area contributed by atoms with E-state index in [1.807, 2.05) is 11.3 Å². The van der Waals surface area contributed by atoms with Gasteiger partial charge in [0.2, 0.25) is 0 Å². The molecule has 1 aromatic carbocycles. The molecule has 0 fully saturated rings. The standard InChI is InChI=1S/C18H22BrNS/c1-3-8-20-18(16-11-17(19)21-12(16)2)15-9-13-6-4-5-7-14(13)10-15/h4-7,11,15,18,20H,3,8-10H2,1-2H3. The Morgan fingerprint density at radius 3 is 2.48 bits per heavy atom. The van der Waals surface area contributed by atoms with E-state index in [9.17, 15) is 0 Å². The van der Waals surface area contributed by atoms with Crippen LogP contribution in [0.15, 0.2) is 34.1 Å². The smallest absolute Gasteiger partial charge is 0.0704 e. The Balaban J connectivity index is 1.86. The number of thiophene rings is 1. The maximum atomic E-state index is 3.80. The van der Waals surface area contributed by atoms with Gasteiger partial charge < -0.3 is 5.32 Å². The molecule has 1 atom stereocenters. The third kappa shape index (κ3) is 3.25. The highest BCUT2D eigenvalue weighted by Gasteiger charge is 2.30. The van der Waals surface area contributed by atoms with Crippen LogP contribution in [-0.2, 0) is 12.8 Å². The summed E-state index contributed by atoms with van der Waals surface area (Å²) >= 11 is 5.50. The van der Waals surface area contributed by atoms with Crippen molar-refractivity contribution >= 4 is 27.3 Å². The first-order chi connectivity index (χ1) is 10.2. The summed E-state index contributed by atoms with van der Waals surface area (Å²) in [5.41, 5.74) is 4.56. The molecule has 1 unspecified atom stereocenters. The minimum atomic E-state index is 0.472. The van der Waals surface area contributed by atoms with Crippen LogP contribution in [0.1, 0.15) is 41.0 Å². The summed E-state index contributed by atoms with van der Waals surface area (Å²) in [4.78, 5) is 1.44. The molecule has 0 bridgehead atoms. The summed E-state index contributed by atoms with van der Waals surface area (Å²) in [5.74, 6) is 0.675. The van der Waals surface area contributed by atoms with Crippen LogP contribution in [0.2, 0.25) is 0 Å². The summed E-state index contributed by atoms with van der Waals surface area (Å²) in [5, 5.41) is 3.80. The second-order valence-electron chi connectivity index (χ2n) is 5.93. The first-order valence-corrected chi connectivity index (χ1v) is 9.36. The zero-order chi connectivity index (χ0) is 14.8. The third-order valence-corrected chi connectivity index (χ3v) is 6.00. The highest BCUT2D eigenvalue weighted by molar-refractivity contribution is 9.11. The zero-order valence-electron chi connectivity index (χ0n) is 12.7. The highest BCUT2D eigenvalue weighted by atomic mass is 79.9. The molecule has 21 heavy (non-hydrogen) atoms. The van der Waals surface area contributed by atoms with Crippen LogP contribution in [0.25, 0.3) is 0 Å². The number of aryl methyl sites for hydroxylation is 1. The van der Waals surface area contributed by atoms with Gasteiger partial charge in [0.15, 0.2) is 0 Å². The fourth-order valence-corrected chi connectivity index (χ4v) is 5.18. The molecule has 1 aromatic heterocycles. The summed E-state index contributed by atoms with van der Waals surface area (Å²) in [6.45, 7) is 5.57. The van der Waals surface area contributed by atoms with Crippen molar-refractivity contribution in [3.05, 3.63) is 55.7 Å². The fraction of sp³-hybridized carbons (Fsp3) is 0.444. The van der Waals surface area contributed by atoms with Crippen molar-refractivity contribution in [3.63, 3.8) is 0 Å². The van der Waals surface area contributed by atoms with Crippen molar-refractivity contribution in [1.82, 2.24) is 5.32 Å². The van der Waals surface area contributed by atoms with Crippen molar-refractivity contribution < 1.29 is 0 Å². The number of hydrogen-bond acceptors (Lipinski definition) is 2. The third-order valence-electron chi connectivity index (χ3n) is 4.43. The Kier molecular flexibility index (Phi) is 4.82. The molecule has 0 saturated heterocycles. The Morgan fingerprint density at radius 2 is 1.95 bits per heavy atom. The lowest BCUT2D eigenvalue weighted by atomic mass is 9.90. The van der Waals surface area contributed by atoms with Crippen LogP contribution in [0.4, 0.5) is 0 Å². The quantitative estimate of drug-likeness (QED) is 0.762. The van der Waals surface area contributed by atoms with Gasteiger partial charge in [0.25, 0.3) is 0 Å². The minimum Gasteiger partial charge on any atom is -0.310 e. The molecular formula is C18H22BrNS. The van der Waals surface area contributed by atoms with E-state index in [1.54, 1.807) is 0 Å². The topological polar surface area (TPSA) is 12.0 Å². The number of halogens is 1. The van der Waals surface area contributed by atoms with Gasteiger partial charge in [-0.2, -0.15) is 0 Å². The van der Waals surface area contributed by atoms with Crippen LogP contribution in [0, 0.1) is 12.8 Å². The molecule has 1 aliphatic carbocycles. The van der Waals surface area contributed by atoms with Crippen LogP contribution in [-0.4, -0.2) is 6.54 Å². The summed E-state index contributed by atoms with van der Waals surface area (Å²) < 4.78 is 1.24. The van der Waals surface area contributed by atoms with E-state index in [1.165, 1.54) is 44.6 Å². The number of nitrogens with one attached hydrogen (secondary N) is 1. The van der Waals surface area contributed by atoms with E-state index in [-0.39, 0.29) is 0 Å². The number of fused-ring (bicyclic) bond motifs is 1. The molecule has 1 N–H and O–H groups in total. The molecule has 112 valence electrons. The summed E-state index contributed by atoms with van der Waals surface area (Å²) in [6, 6.07) is 11.7. The second-order valence-corrected chi connectivity index (χ2v) is 8.57. The second kappa shape index (κ2) is 6.64. The molecule has 0 aliphatic heterocycles. The SMILES string of the molecule is CCCNC(c1cc(Br)sc1C)C1Cc2ccccc2C1. The lowest BCUT2D eigenvalue weighted by Crippen LogP contribution is -2.29. The van der Waals surface area contributed by atoms with Crippen molar-refractivity contribution in [2.45, 2.75) is 39.2 Å². The van der Waals surface area contributed by atoms with Crippen LogP contribution < -0.4 is 5.32 Å². The molecule has 2 aromatic rings. The largest absolute Gasteiger partial charge is 0.310 e. The van der Waals surface area contributed by atoms with Crippen LogP contribution in [0.3, 0.4) is 0 Å². The van der Waals surface area contributed by atoms with Gasteiger partial charge >= 0.3 is 0 Å². The van der Waals surface area contributed by atoms with Crippen LogP contribution in [0.5, 0.6) is 0 Å². The lowest BCUT2D eigenvalue weighted by molar-refractivity contribution is 0.373. The van der Waals surface area contributed by atoms with E-state index in [2.05, 4.69) is 65.4 Å². The van der Waals surface area contributed by atoms with Crippen LogP contribution >= 0.6 is 27.3 Å². The van der Waals surface area contributed by atoms with Gasteiger partial charge in [0, 0.05) is 10.9 Å². The van der Waals surface area contributed by atoms with Gasteiger partial charge in [0.05, 0.1) is 3.79 Å². The van der Waals surface area contributed by atoms with Gasteiger partial charge in [-0.1, -0.05) is 31.2 Å². The lowest BCUT2D eigenvalue weighted by Gasteiger charge is -2.25. The van der Waals surface area contributed by atoms with Crippen molar-refractivity contribution in [1.29, 1.82) is 0 Å². The highest BCUT2D eigenvalue weighted by Crippen LogP contribution is 2.39. The average molecular weight is 364 g/mol. The predicted molar refractivity (Wildman–Crippen MR) is 95.1 cm³/mol. The minimum absolute atomic E-state index is 0.472. The van der Waals surface area contributed by atoms with Gasteiger partial charge in [0.1, 0.15) is 0 Å². The molecule has 0 saturated carbocycles. The summed E-state index contributed by atoms with van der Waals surface area (Å²) in [6.07, 6.45) is 3.58. The zero-order valence-corrected chi connectivity index (χ0v) is 15.1. The average Bonchev–Trinajstić information content (AvgIpc) is 3.03. The first-order valence-electron chi connectivity index (χ1n) is 7.75. The molecule has 1 nitrogen and oxygen atoms in total.